The zero-order valence-electron chi connectivity index (χ0n) is 12.2. The van der Waals surface area contributed by atoms with Crippen LogP contribution in [0.15, 0.2) is 30.5 Å². The Bertz CT molecular complexity index is 817. The number of aromatic nitrogens is 4. The van der Waals surface area contributed by atoms with Crippen LogP contribution in [0.2, 0.25) is 0 Å². The molecule has 3 aromatic rings. The zero-order valence-corrected chi connectivity index (χ0v) is 12.2. The van der Waals surface area contributed by atoms with Crippen molar-refractivity contribution in [1.29, 1.82) is 0 Å². The Labute approximate surface area is 123 Å². The zero-order chi connectivity index (χ0) is 14.4. The first kappa shape index (κ1) is 12.3. The lowest BCUT2D eigenvalue weighted by Gasteiger charge is -2.05. The van der Waals surface area contributed by atoms with E-state index < -0.39 is 0 Å². The number of fused-ring (bicyclic) bond motifs is 1. The second kappa shape index (κ2) is 4.55. The van der Waals surface area contributed by atoms with E-state index in [0.29, 0.717) is 11.9 Å². The first-order valence-electron chi connectivity index (χ1n) is 7.24. The topological polar surface area (TPSA) is 55.6 Å². The van der Waals surface area contributed by atoms with E-state index >= 15 is 0 Å². The summed E-state index contributed by atoms with van der Waals surface area (Å²) in [6, 6.07) is 8.10. The lowest BCUT2D eigenvalue weighted by Crippen LogP contribution is -1.97. The molecule has 21 heavy (non-hydrogen) atoms. The fraction of sp³-hybridized carbons (Fsp3) is 0.312. The molecule has 1 aromatic carbocycles. The largest absolute Gasteiger partial charge is 0.331 e. The first-order valence-corrected chi connectivity index (χ1v) is 7.24. The first-order chi connectivity index (χ1) is 10.2. The van der Waals surface area contributed by atoms with Crippen molar-refractivity contribution < 1.29 is 0 Å². The van der Waals surface area contributed by atoms with Crippen molar-refractivity contribution in [2.75, 3.05) is 5.32 Å². The summed E-state index contributed by atoms with van der Waals surface area (Å²) < 4.78 is 2.21. The molecule has 106 valence electrons. The predicted octanol–water partition coefficient (Wildman–Crippen LogP) is 3.29. The van der Waals surface area contributed by atoms with Crippen molar-refractivity contribution in [2.24, 2.45) is 7.05 Å². The van der Waals surface area contributed by atoms with Crippen molar-refractivity contribution in [3.8, 4) is 0 Å². The number of aryl methyl sites for hydroxylation is 2. The van der Waals surface area contributed by atoms with Gasteiger partial charge in [0.15, 0.2) is 0 Å². The van der Waals surface area contributed by atoms with E-state index in [1.54, 1.807) is 6.20 Å². The summed E-state index contributed by atoms with van der Waals surface area (Å²) in [5.41, 5.74) is 4.11. The molecule has 1 saturated carbocycles. The fourth-order valence-corrected chi connectivity index (χ4v) is 2.64. The molecular weight excluding hydrogens is 262 g/mol. The molecule has 2 heterocycles. The summed E-state index contributed by atoms with van der Waals surface area (Å²) >= 11 is 0. The quantitative estimate of drug-likeness (QED) is 0.799. The Morgan fingerprint density at radius 2 is 2.05 bits per heavy atom. The molecule has 0 spiro atoms. The molecule has 5 nitrogen and oxygen atoms in total. The number of rotatable bonds is 3. The highest BCUT2D eigenvalue weighted by molar-refractivity contribution is 5.81. The van der Waals surface area contributed by atoms with Crippen molar-refractivity contribution in [3.63, 3.8) is 0 Å². The number of imidazole rings is 1. The maximum absolute atomic E-state index is 4.78. The number of benzene rings is 1. The molecule has 1 aliphatic rings. The van der Waals surface area contributed by atoms with Gasteiger partial charge < -0.3 is 9.88 Å². The third kappa shape index (κ3) is 2.24. The van der Waals surface area contributed by atoms with E-state index in [-0.39, 0.29) is 0 Å². The van der Waals surface area contributed by atoms with E-state index in [9.17, 15) is 0 Å². The third-order valence-corrected chi connectivity index (χ3v) is 3.91. The van der Waals surface area contributed by atoms with Gasteiger partial charge in [-0.2, -0.15) is 0 Å². The molecule has 0 radical (unpaired) electrons. The molecule has 0 aliphatic heterocycles. The van der Waals surface area contributed by atoms with Gasteiger partial charge in [0.2, 0.25) is 5.95 Å². The lowest BCUT2D eigenvalue weighted by atomic mass is 10.3. The standard InChI is InChI=1S/C16H17N5/c1-10-7-8-17-16(18-10)19-12-5-6-14-13(9-12)20-15(21(14)2)11-3-4-11/h5-9,11H,3-4H2,1-2H3,(H,17,18,19). The van der Waals surface area contributed by atoms with E-state index in [4.69, 9.17) is 4.98 Å². The van der Waals surface area contributed by atoms with Crippen LogP contribution in [0.3, 0.4) is 0 Å². The number of nitrogens with one attached hydrogen (secondary N) is 1. The number of nitrogens with zero attached hydrogens (tertiary/aromatic N) is 4. The van der Waals surface area contributed by atoms with Crippen LogP contribution in [0.5, 0.6) is 0 Å². The highest BCUT2D eigenvalue weighted by atomic mass is 15.1. The minimum atomic E-state index is 0.618. The van der Waals surface area contributed by atoms with Crippen LogP contribution in [0.25, 0.3) is 11.0 Å². The van der Waals surface area contributed by atoms with Gasteiger partial charge in [-0.15, -0.1) is 0 Å². The van der Waals surface area contributed by atoms with Gasteiger partial charge in [0.25, 0.3) is 0 Å². The Kier molecular flexibility index (Phi) is 2.67. The summed E-state index contributed by atoms with van der Waals surface area (Å²) in [6.07, 6.45) is 4.29. The molecule has 0 saturated heterocycles. The van der Waals surface area contributed by atoms with Gasteiger partial charge in [0.05, 0.1) is 11.0 Å². The van der Waals surface area contributed by atoms with E-state index in [2.05, 4.69) is 39.0 Å². The summed E-state index contributed by atoms with van der Waals surface area (Å²) in [5.74, 6) is 2.47. The molecular formula is C16H17N5. The highest BCUT2D eigenvalue weighted by Crippen LogP contribution is 2.40. The average Bonchev–Trinajstić information content (AvgIpc) is 3.24. The van der Waals surface area contributed by atoms with Crippen LogP contribution in [0.4, 0.5) is 11.6 Å². The van der Waals surface area contributed by atoms with Crippen molar-refractivity contribution in [1.82, 2.24) is 19.5 Å². The minimum absolute atomic E-state index is 0.618. The van der Waals surface area contributed by atoms with Crippen LogP contribution >= 0.6 is 0 Å². The van der Waals surface area contributed by atoms with Crippen molar-refractivity contribution in [3.05, 3.63) is 42.0 Å². The molecule has 0 atom stereocenters. The Hall–Kier alpha value is -2.43. The van der Waals surface area contributed by atoms with Crippen molar-refractivity contribution in [2.45, 2.75) is 25.7 Å². The summed E-state index contributed by atoms with van der Waals surface area (Å²) in [5, 5.41) is 3.24. The van der Waals surface area contributed by atoms with Gasteiger partial charge in [-0.3, -0.25) is 0 Å². The Morgan fingerprint density at radius 3 is 2.81 bits per heavy atom. The third-order valence-electron chi connectivity index (χ3n) is 3.91. The molecule has 4 rings (SSSR count). The van der Waals surface area contributed by atoms with Crippen LogP contribution in [0.1, 0.15) is 30.3 Å². The maximum atomic E-state index is 4.78. The van der Waals surface area contributed by atoms with Gasteiger partial charge in [-0.25, -0.2) is 15.0 Å². The van der Waals surface area contributed by atoms with Crippen LogP contribution in [-0.2, 0) is 7.05 Å². The molecule has 1 aliphatic carbocycles. The van der Waals surface area contributed by atoms with Crippen LogP contribution in [0, 0.1) is 6.92 Å². The van der Waals surface area contributed by atoms with Crippen LogP contribution in [-0.4, -0.2) is 19.5 Å². The average molecular weight is 279 g/mol. The van der Waals surface area contributed by atoms with E-state index in [0.717, 1.165) is 16.9 Å². The summed E-state index contributed by atoms with van der Waals surface area (Å²) in [7, 11) is 2.10. The number of hydrogen-bond acceptors (Lipinski definition) is 4. The van der Waals surface area contributed by atoms with E-state index in [1.165, 1.54) is 24.2 Å². The normalized spacial score (nSPS) is 14.6. The Balaban J connectivity index is 1.70. The smallest absolute Gasteiger partial charge is 0.227 e. The molecule has 1 N–H and O–H groups in total. The van der Waals surface area contributed by atoms with Crippen molar-refractivity contribution >= 4 is 22.7 Å². The second-order valence-corrected chi connectivity index (χ2v) is 5.65. The summed E-state index contributed by atoms with van der Waals surface area (Å²) in [6.45, 7) is 1.96. The Morgan fingerprint density at radius 1 is 1.19 bits per heavy atom. The number of hydrogen-bond donors (Lipinski definition) is 1. The molecule has 0 amide bonds. The molecule has 5 heteroatoms. The van der Waals surface area contributed by atoms with Gasteiger partial charge in [-0.05, 0) is 44.0 Å². The monoisotopic (exact) mass is 279 g/mol. The van der Waals surface area contributed by atoms with E-state index in [1.807, 2.05) is 19.1 Å². The molecule has 0 bridgehead atoms. The SMILES string of the molecule is Cc1ccnc(Nc2ccc3c(c2)nc(C2CC2)n3C)n1. The maximum Gasteiger partial charge on any atom is 0.227 e. The predicted molar refractivity (Wildman–Crippen MR) is 82.7 cm³/mol. The molecule has 2 aromatic heterocycles. The van der Waals surface area contributed by atoms with Gasteiger partial charge >= 0.3 is 0 Å². The van der Waals surface area contributed by atoms with Gasteiger partial charge in [-0.1, -0.05) is 0 Å². The van der Waals surface area contributed by atoms with Crippen LogP contribution < -0.4 is 5.32 Å². The fourth-order valence-electron chi connectivity index (χ4n) is 2.64. The molecule has 0 unspecified atom stereocenters. The minimum Gasteiger partial charge on any atom is -0.331 e. The van der Waals surface area contributed by atoms with Gasteiger partial charge in [0.1, 0.15) is 5.82 Å². The lowest BCUT2D eigenvalue weighted by molar-refractivity contribution is 0.820. The highest BCUT2D eigenvalue weighted by Gasteiger charge is 2.28. The molecule has 1 fully saturated rings. The summed E-state index contributed by atoms with van der Waals surface area (Å²) in [4.78, 5) is 13.4. The van der Waals surface area contributed by atoms with Gasteiger partial charge in [0, 0.05) is 30.5 Å². The second-order valence-electron chi connectivity index (χ2n) is 5.65. The number of anilines is 2.